The predicted octanol–water partition coefficient (Wildman–Crippen LogP) is 5.68. The highest BCUT2D eigenvalue weighted by molar-refractivity contribution is 7.43. The molecule has 5 rings (SSSR count). The highest BCUT2D eigenvalue weighted by Gasteiger charge is 2.46. The summed E-state index contributed by atoms with van der Waals surface area (Å²) in [6.07, 6.45) is 4.11. The maximum Gasteiger partial charge on any atom is 0.339 e. The van der Waals surface area contributed by atoms with E-state index in [0.717, 1.165) is 12.8 Å². The van der Waals surface area contributed by atoms with Gasteiger partial charge in [0.2, 0.25) is 0 Å². The van der Waals surface area contributed by atoms with E-state index in [1.807, 2.05) is 24.3 Å². The van der Waals surface area contributed by atoms with E-state index in [1.54, 1.807) is 0 Å². The van der Waals surface area contributed by atoms with Crippen LogP contribution in [-0.2, 0) is 4.74 Å². The summed E-state index contributed by atoms with van der Waals surface area (Å²) in [7, 11) is -0.0502. The molecule has 1 heterocycles. The van der Waals surface area contributed by atoms with Gasteiger partial charge in [0, 0.05) is 40.7 Å². The molecule has 2 saturated carbocycles. The highest BCUT2D eigenvalue weighted by Crippen LogP contribution is 2.41. The van der Waals surface area contributed by atoms with Crippen molar-refractivity contribution >= 4 is 26.5 Å². The molecule has 0 amide bonds. The lowest BCUT2D eigenvalue weighted by Gasteiger charge is -2.10. The lowest BCUT2D eigenvalue weighted by Crippen LogP contribution is -2.17. The van der Waals surface area contributed by atoms with Crippen molar-refractivity contribution in [1.82, 2.24) is 0 Å². The van der Waals surface area contributed by atoms with Gasteiger partial charge in [-0.25, -0.2) is 4.79 Å². The van der Waals surface area contributed by atoms with Gasteiger partial charge in [-0.3, -0.25) is 0 Å². The van der Waals surface area contributed by atoms with Crippen molar-refractivity contribution in [3.63, 3.8) is 0 Å². The number of fused-ring (bicyclic) bond motifs is 1. The van der Waals surface area contributed by atoms with Crippen LogP contribution in [0.4, 0.5) is 0 Å². The van der Waals surface area contributed by atoms with Crippen molar-refractivity contribution in [3.05, 3.63) is 65.5 Å². The topological polar surface area (TPSA) is 26.3 Å². The predicted molar refractivity (Wildman–Crippen MR) is 106 cm³/mol. The largest absolute Gasteiger partial charge is 0.442 e. The third-order valence-corrected chi connectivity index (χ3v) is 6.99. The Labute approximate surface area is 155 Å². The average molecular weight is 359 g/mol. The number of hydrogen-bond acceptors (Lipinski definition) is 2. The van der Waals surface area contributed by atoms with E-state index in [9.17, 15) is 4.79 Å². The molecule has 26 heavy (non-hydrogen) atoms. The molecule has 0 saturated heterocycles. The molecule has 2 aliphatic rings. The molecule has 2 aliphatic carbocycles. The smallest absolute Gasteiger partial charge is 0.339 e. The van der Waals surface area contributed by atoms with Crippen LogP contribution in [0.15, 0.2) is 60.0 Å². The van der Waals surface area contributed by atoms with Crippen LogP contribution in [0.5, 0.6) is 0 Å². The van der Waals surface area contributed by atoms with Gasteiger partial charge in [0.05, 0.1) is 5.56 Å². The zero-order valence-electron chi connectivity index (χ0n) is 14.4. The zero-order valence-corrected chi connectivity index (χ0v) is 15.2. The van der Waals surface area contributed by atoms with Gasteiger partial charge in [-0.15, -0.1) is 0 Å². The fourth-order valence-corrected chi connectivity index (χ4v) is 4.92. The molecular weight excluding hydrogens is 340 g/mol. The van der Waals surface area contributed by atoms with E-state index in [1.165, 1.54) is 27.8 Å². The van der Waals surface area contributed by atoms with Gasteiger partial charge in [-0.1, -0.05) is 24.0 Å². The van der Waals surface area contributed by atoms with Crippen LogP contribution in [0.2, 0.25) is 0 Å². The van der Waals surface area contributed by atoms with Crippen molar-refractivity contribution in [2.75, 3.05) is 0 Å². The summed E-state index contributed by atoms with van der Waals surface area (Å²) < 4.78 is 7.05. The first-order chi connectivity index (χ1) is 12.7. The molecule has 0 N–H and O–H groups in total. The minimum atomic E-state index is -0.507. The van der Waals surface area contributed by atoms with Crippen LogP contribution in [-0.4, -0.2) is 11.6 Å². The second kappa shape index (κ2) is 6.00. The van der Waals surface area contributed by atoms with E-state index >= 15 is 0 Å². The van der Waals surface area contributed by atoms with Crippen LogP contribution >= 0.6 is 10.5 Å². The molecule has 0 bridgehead atoms. The van der Waals surface area contributed by atoms with E-state index < -0.39 is 5.60 Å². The SMILES string of the molecule is O=C(OC1(C#CC2CC2)CC1)c1ccc(-[s+]2ccc3ccccc32)cc1. The summed E-state index contributed by atoms with van der Waals surface area (Å²) in [6, 6.07) is 18.5. The Morgan fingerprint density at radius 3 is 2.54 bits per heavy atom. The second-order valence-electron chi connectivity index (χ2n) is 7.13. The van der Waals surface area contributed by atoms with Crippen molar-refractivity contribution in [2.45, 2.75) is 31.3 Å². The molecule has 0 spiro atoms. The molecule has 1 unspecified atom stereocenters. The molecule has 2 aromatic carbocycles. The molecule has 1 aromatic heterocycles. The summed E-state index contributed by atoms with van der Waals surface area (Å²) in [5.74, 6) is 6.71. The molecule has 2 fully saturated rings. The standard InChI is InChI=1S/C23H19O2S/c24-22(25-23(14-15-23)13-11-17-5-6-17)19-7-9-20(10-8-19)26-16-12-18-3-1-2-4-21(18)26/h1-4,7-10,12,16-17H,5-6,14-15H2/q+1. The normalized spacial score (nSPS) is 18.1. The molecule has 3 heteroatoms. The van der Waals surface area contributed by atoms with Crippen LogP contribution in [0.3, 0.4) is 0 Å². The van der Waals surface area contributed by atoms with Gasteiger partial charge in [-0.05, 0) is 49.2 Å². The molecule has 0 radical (unpaired) electrons. The molecule has 0 aliphatic heterocycles. The second-order valence-corrected chi connectivity index (χ2v) is 8.99. The third kappa shape index (κ3) is 3.02. The minimum Gasteiger partial charge on any atom is -0.442 e. The Kier molecular flexibility index (Phi) is 3.62. The van der Waals surface area contributed by atoms with Crippen LogP contribution < -0.4 is 0 Å². The number of benzene rings is 2. The molecule has 128 valence electrons. The Balaban J connectivity index is 1.35. The number of ether oxygens (including phenoxy) is 1. The molecule has 1 atom stereocenters. The van der Waals surface area contributed by atoms with Crippen LogP contribution in [0, 0.1) is 17.8 Å². The Morgan fingerprint density at radius 2 is 1.81 bits per heavy atom. The van der Waals surface area contributed by atoms with E-state index in [0.29, 0.717) is 11.5 Å². The fourth-order valence-electron chi connectivity index (χ4n) is 3.04. The van der Waals surface area contributed by atoms with E-state index in [4.69, 9.17) is 4.74 Å². The highest BCUT2D eigenvalue weighted by atomic mass is 32.2. The van der Waals surface area contributed by atoms with Gasteiger partial charge in [0.15, 0.2) is 15.2 Å². The number of hydrogen-bond donors (Lipinski definition) is 0. The van der Waals surface area contributed by atoms with Gasteiger partial charge in [0.25, 0.3) is 0 Å². The van der Waals surface area contributed by atoms with Gasteiger partial charge in [0.1, 0.15) is 5.38 Å². The summed E-state index contributed by atoms with van der Waals surface area (Å²) in [6.45, 7) is 0. The fraction of sp³-hybridized carbons (Fsp3) is 0.261. The molecular formula is C23H19O2S+. The first-order valence-electron chi connectivity index (χ1n) is 9.09. The number of rotatable bonds is 3. The minimum absolute atomic E-state index is 0.0502. The summed E-state index contributed by atoms with van der Waals surface area (Å²) >= 11 is 0. The van der Waals surface area contributed by atoms with Gasteiger partial charge < -0.3 is 4.74 Å². The van der Waals surface area contributed by atoms with Crippen molar-refractivity contribution < 1.29 is 9.53 Å². The monoisotopic (exact) mass is 359 g/mol. The van der Waals surface area contributed by atoms with Crippen LogP contribution in [0.25, 0.3) is 15.0 Å². The first-order valence-corrected chi connectivity index (χ1v) is 10.4. The summed E-state index contributed by atoms with van der Waals surface area (Å²) in [5.41, 5.74) is 0.0982. The zero-order chi connectivity index (χ0) is 17.6. The Bertz CT molecular complexity index is 1040. The number of esters is 1. The lowest BCUT2D eigenvalue weighted by atomic mass is 10.2. The Morgan fingerprint density at radius 1 is 1.04 bits per heavy atom. The summed E-state index contributed by atoms with van der Waals surface area (Å²) in [5, 5.41) is 3.52. The first kappa shape index (κ1) is 15.7. The Hall–Kier alpha value is -2.57. The van der Waals surface area contributed by atoms with Crippen molar-refractivity contribution in [2.24, 2.45) is 5.92 Å². The van der Waals surface area contributed by atoms with Gasteiger partial charge in [-0.2, -0.15) is 0 Å². The summed E-state index contributed by atoms with van der Waals surface area (Å²) in [4.78, 5) is 13.7. The number of carbonyl (C=O) groups excluding carboxylic acids is 1. The molecule has 2 nitrogen and oxygen atoms in total. The van der Waals surface area contributed by atoms with E-state index in [-0.39, 0.29) is 16.4 Å². The quantitative estimate of drug-likeness (QED) is 0.342. The van der Waals surface area contributed by atoms with Gasteiger partial charge >= 0.3 is 5.97 Å². The van der Waals surface area contributed by atoms with E-state index in [2.05, 4.69) is 47.6 Å². The third-order valence-electron chi connectivity index (χ3n) is 4.96. The van der Waals surface area contributed by atoms with Crippen molar-refractivity contribution in [3.8, 4) is 16.7 Å². The number of thiophene rings is 1. The molecule has 3 aromatic rings. The average Bonchev–Trinajstić information content (AvgIpc) is 3.59. The maximum absolute atomic E-state index is 12.5. The van der Waals surface area contributed by atoms with Crippen molar-refractivity contribution in [1.29, 1.82) is 0 Å². The maximum atomic E-state index is 12.5. The lowest BCUT2D eigenvalue weighted by molar-refractivity contribution is 0.0361. The number of carbonyl (C=O) groups is 1. The van der Waals surface area contributed by atoms with Crippen LogP contribution in [0.1, 0.15) is 36.0 Å².